The van der Waals surface area contributed by atoms with Gasteiger partial charge in [0.1, 0.15) is 6.10 Å². The highest BCUT2D eigenvalue weighted by molar-refractivity contribution is 5.76. The molecule has 7 heteroatoms. The van der Waals surface area contributed by atoms with Crippen molar-refractivity contribution in [3.8, 4) is 0 Å². The van der Waals surface area contributed by atoms with Crippen molar-refractivity contribution in [2.75, 3.05) is 19.7 Å². The Kier molecular flexibility index (Phi) is 4.89. The van der Waals surface area contributed by atoms with Gasteiger partial charge in [-0.2, -0.15) is 5.10 Å². The lowest BCUT2D eigenvalue weighted by Crippen LogP contribution is -2.42. The molecular weight excluding hydrogens is 306 g/mol. The fourth-order valence-electron chi connectivity index (χ4n) is 2.84. The summed E-state index contributed by atoms with van der Waals surface area (Å²) in [6, 6.07) is 1.85. The highest BCUT2D eigenvalue weighted by atomic mass is 16.5. The van der Waals surface area contributed by atoms with Crippen LogP contribution in [0.1, 0.15) is 35.3 Å². The van der Waals surface area contributed by atoms with Gasteiger partial charge < -0.3 is 9.64 Å². The summed E-state index contributed by atoms with van der Waals surface area (Å²) in [5.74, 6) is 0.787. The van der Waals surface area contributed by atoms with E-state index in [0.29, 0.717) is 38.4 Å². The molecule has 1 aliphatic heterocycles. The Balaban J connectivity index is 1.60. The quantitative estimate of drug-likeness (QED) is 0.847. The Labute approximate surface area is 141 Å². The molecule has 0 saturated carbocycles. The summed E-state index contributed by atoms with van der Waals surface area (Å²) in [4.78, 5) is 23.1. The first-order valence-electron chi connectivity index (χ1n) is 8.21. The first kappa shape index (κ1) is 16.6. The molecule has 0 aromatic carbocycles. The van der Waals surface area contributed by atoms with E-state index in [1.54, 1.807) is 6.20 Å². The molecule has 7 nitrogen and oxygen atoms in total. The van der Waals surface area contributed by atoms with Gasteiger partial charge in [-0.05, 0) is 31.9 Å². The molecule has 1 amide bonds. The van der Waals surface area contributed by atoms with E-state index < -0.39 is 0 Å². The van der Waals surface area contributed by atoms with Crippen molar-refractivity contribution >= 4 is 5.91 Å². The van der Waals surface area contributed by atoms with Gasteiger partial charge in [0.05, 0.1) is 19.3 Å². The lowest BCUT2D eigenvalue weighted by Gasteiger charge is -2.32. The van der Waals surface area contributed by atoms with Gasteiger partial charge in [0.2, 0.25) is 5.91 Å². The van der Waals surface area contributed by atoms with Crippen molar-refractivity contribution in [3.05, 3.63) is 41.2 Å². The molecule has 3 heterocycles. The van der Waals surface area contributed by atoms with E-state index in [0.717, 1.165) is 17.0 Å². The van der Waals surface area contributed by atoms with Crippen molar-refractivity contribution in [3.63, 3.8) is 0 Å². The van der Waals surface area contributed by atoms with Crippen LogP contribution in [0.15, 0.2) is 18.5 Å². The van der Waals surface area contributed by atoms with E-state index in [-0.39, 0.29) is 12.0 Å². The Hall–Kier alpha value is -2.28. The molecule has 0 radical (unpaired) electrons. The van der Waals surface area contributed by atoms with E-state index in [4.69, 9.17) is 4.74 Å². The highest BCUT2D eigenvalue weighted by Gasteiger charge is 2.27. The standard InChI is InChI=1S/C17H23N5O2/c1-12-6-7-18-17(20-12)15-11-22(8-9-24-15)16(23)5-4-14-10-19-21(3)13(14)2/h6-7,10,15H,4-5,8-9,11H2,1-3H3/t15-/m1/s1. The number of hydrogen-bond donors (Lipinski definition) is 0. The monoisotopic (exact) mass is 329 g/mol. The third kappa shape index (κ3) is 3.62. The van der Waals surface area contributed by atoms with Gasteiger partial charge in [-0.25, -0.2) is 9.97 Å². The number of rotatable bonds is 4. The van der Waals surface area contributed by atoms with Gasteiger partial charge in [0.25, 0.3) is 0 Å². The van der Waals surface area contributed by atoms with Gasteiger partial charge in [0, 0.05) is 37.6 Å². The van der Waals surface area contributed by atoms with Crippen LogP contribution in [0.5, 0.6) is 0 Å². The summed E-state index contributed by atoms with van der Waals surface area (Å²) in [6.07, 6.45) is 4.51. The summed E-state index contributed by atoms with van der Waals surface area (Å²) in [6.45, 7) is 5.58. The van der Waals surface area contributed by atoms with Crippen LogP contribution >= 0.6 is 0 Å². The first-order chi connectivity index (χ1) is 11.5. The van der Waals surface area contributed by atoms with Gasteiger partial charge >= 0.3 is 0 Å². The van der Waals surface area contributed by atoms with Crippen LogP contribution in [-0.2, 0) is 23.0 Å². The minimum Gasteiger partial charge on any atom is -0.367 e. The lowest BCUT2D eigenvalue weighted by atomic mass is 10.1. The van der Waals surface area contributed by atoms with E-state index in [9.17, 15) is 4.79 Å². The van der Waals surface area contributed by atoms with Crippen LogP contribution in [0.3, 0.4) is 0 Å². The molecule has 128 valence electrons. The maximum atomic E-state index is 12.5. The zero-order valence-corrected chi connectivity index (χ0v) is 14.4. The van der Waals surface area contributed by atoms with Crippen LogP contribution in [0, 0.1) is 13.8 Å². The molecule has 0 unspecified atom stereocenters. The van der Waals surface area contributed by atoms with Gasteiger partial charge in [-0.3, -0.25) is 9.48 Å². The van der Waals surface area contributed by atoms with Crippen molar-refractivity contribution in [1.29, 1.82) is 0 Å². The molecule has 0 bridgehead atoms. The second kappa shape index (κ2) is 7.09. The maximum Gasteiger partial charge on any atom is 0.223 e. The van der Waals surface area contributed by atoms with E-state index in [1.165, 1.54) is 0 Å². The Bertz CT molecular complexity index is 728. The van der Waals surface area contributed by atoms with E-state index in [1.807, 2.05) is 42.7 Å². The second-order valence-corrected chi connectivity index (χ2v) is 6.13. The fraction of sp³-hybridized carbons (Fsp3) is 0.529. The number of aromatic nitrogens is 4. The van der Waals surface area contributed by atoms with Crippen molar-refractivity contribution in [2.24, 2.45) is 7.05 Å². The molecule has 3 rings (SSSR count). The average molecular weight is 329 g/mol. The smallest absolute Gasteiger partial charge is 0.223 e. The number of amides is 1. The highest BCUT2D eigenvalue weighted by Crippen LogP contribution is 2.20. The van der Waals surface area contributed by atoms with Crippen molar-refractivity contribution in [2.45, 2.75) is 32.8 Å². The average Bonchev–Trinajstić information content (AvgIpc) is 2.91. The fourth-order valence-corrected chi connectivity index (χ4v) is 2.84. The molecule has 1 saturated heterocycles. The predicted octanol–water partition coefficient (Wildman–Crippen LogP) is 1.36. The zero-order valence-electron chi connectivity index (χ0n) is 14.4. The normalized spacial score (nSPS) is 18.0. The van der Waals surface area contributed by atoms with Crippen LogP contribution in [0.2, 0.25) is 0 Å². The summed E-state index contributed by atoms with van der Waals surface area (Å²) in [5, 5.41) is 4.22. The number of aryl methyl sites for hydroxylation is 3. The summed E-state index contributed by atoms with van der Waals surface area (Å²) < 4.78 is 7.59. The summed E-state index contributed by atoms with van der Waals surface area (Å²) in [5.41, 5.74) is 3.13. The minimum absolute atomic E-state index is 0.138. The Morgan fingerprint density at radius 3 is 2.96 bits per heavy atom. The number of carbonyl (C=O) groups excluding carboxylic acids is 1. The first-order valence-corrected chi connectivity index (χ1v) is 8.21. The molecule has 1 aliphatic rings. The second-order valence-electron chi connectivity index (χ2n) is 6.13. The predicted molar refractivity (Wildman–Crippen MR) is 88.3 cm³/mol. The molecule has 0 N–H and O–H groups in total. The molecule has 0 aliphatic carbocycles. The van der Waals surface area contributed by atoms with E-state index >= 15 is 0 Å². The molecule has 2 aromatic heterocycles. The number of carbonyl (C=O) groups is 1. The Morgan fingerprint density at radius 1 is 1.42 bits per heavy atom. The maximum absolute atomic E-state index is 12.5. The van der Waals surface area contributed by atoms with Gasteiger partial charge in [0.15, 0.2) is 5.82 Å². The number of nitrogens with zero attached hydrogens (tertiary/aromatic N) is 5. The number of hydrogen-bond acceptors (Lipinski definition) is 5. The largest absolute Gasteiger partial charge is 0.367 e. The SMILES string of the molecule is Cc1ccnc([C@H]2CN(C(=O)CCc3cnn(C)c3C)CCO2)n1. The van der Waals surface area contributed by atoms with Gasteiger partial charge in [-0.15, -0.1) is 0 Å². The van der Waals surface area contributed by atoms with E-state index in [2.05, 4.69) is 15.1 Å². The topological polar surface area (TPSA) is 73.1 Å². The summed E-state index contributed by atoms with van der Waals surface area (Å²) >= 11 is 0. The third-order valence-corrected chi connectivity index (χ3v) is 4.47. The van der Waals surface area contributed by atoms with Crippen molar-refractivity contribution in [1.82, 2.24) is 24.6 Å². The molecule has 1 fully saturated rings. The third-order valence-electron chi connectivity index (χ3n) is 4.47. The minimum atomic E-state index is -0.247. The molecule has 1 atom stereocenters. The molecule has 0 spiro atoms. The molecular formula is C17H23N5O2. The zero-order chi connectivity index (χ0) is 17.1. The van der Waals surface area contributed by atoms with Gasteiger partial charge in [-0.1, -0.05) is 0 Å². The number of ether oxygens (including phenoxy) is 1. The number of morpholine rings is 1. The van der Waals surface area contributed by atoms with Crippen LogP contribution in [0.4, 0.5) is 0 Å². The van der Waals surface area contributed by atoms with Crippen LogP contribution in [-0.4, -0.2) is 50.3 Å². The Morgan fingerprint density at radius 2 is 2.25 bits per heavy atom. The van der Waals surface area contributed by atoms with Crippen LogP contribution < -0.4 is 0 Å². The summed E-state index contributed by atoms with van der Waals surface area (Å²) in [7, 11) is 1.91. The molecule has 24 heavy (non-hydrogen) atoms. The van der Waals surface area contributed by atoms with Crippen LogP contribution in [0.25, 0.3) is 0 Å². The lowest BCUT2D eigenvalue weighted by molar-refractivity contribution is -0.139. The van der Waals surface area contributed by atoms with Crippen molar-refractivity contribution < 1.29 is 9.53 Å². The molecule has 2 aromatic rings.